The largest absolute Gasteiger partial charge is 0.324 e. The van der Waals surface area contributed by atoms with E-state index in [2.05, 4.69) is 36.2 Å². The van der Waals surface area contributed by atoms with Gasteiger partial charge in [-0.3, -0.25) is 4.98 Å². The first-order chi connectivity index (χ1) is 8.27. The Morgan fingerprint density at radius 2 is 2.12 bits per heavy atom. The maximum Gasteiger partial charge on any atom is 0.0303 e. The number of rotatable bonds is 1. The monoisotopic (exact) mass is 224 g/mol. The quantitative estimate of drug-likeness (QED) is 0.808. The highest BCUT2D eigenvalue weighted by molar-refractivity contribution is 5.72. The molecule has 1 aromatic carbocycles. The number of hydrogen-bond donors (Lipinski definition) is 1. The topological polar surface area (TPSA) is 38.9 Å². The standard InChI is InChI=1S/C15H16N2/c1-10-9-17-8-7-11(10)12-3-2-4-14-13(12)5-6-15(14)16/h2-4,7-9,15H,5-6,16H2,1H3. The Hall–Kier alpha value is -1.67. The lowest BCUT2D eigenvalue weighted by atomic mass is 9.95. The van der Waals surface area contributed by atoms with E-state index in [1.165, 1.54) is 27.8 Å². The summed E-state index contributed by atoms with van der Waals surface area (Å²) >= 11 is 0. The second-order valence-corrected chi connectivity index (χ2v) is 4.71. The fourth-order valence-corrected chi connectivity index (χ4v) is 2.71. The first kappa shape index (κ1) is 10.5. The third kappa shape index (κ3) is 1.65. The van der Waals surface area contributed by atoms with Gasteiger partial charge in [-0.05, 0) is 53.6 Å². The molecule has 2 heteroatoms. The van der Waals surface area contributed by atoms with Gasteiger partial charge < -0.3 is 5.73 Å². The molecule has 0 bridgehead atoms. The van der Waals surface area contributed by atoms with Crippen molar-refractivity contribution < 1.29 is 0 Å². The number of benzene rings is 1. The summed E-state index contributed by atoms with van der Waals surface area (Å²) in [5.41, 5.74) is 12.7. The third-order valence-corrected chi connectivity index (χ3v) is 3.63. The van der Waals surface area contributed by atoms with Gasteiger partial charge in [0.15, 0.2) is 0 Å². The van der Waals surface area contributed by atoms with Crippen molar-refractivity contribution in [2.75, 3.05) is 0 Å². The maximum atomic E-state index is 6.12. The van der Waals surface area contributed by atoms with Gasteiger partial charge >= 0.3 is 0 Å². The van der Waals surface area contributed by atoms with Crippen molar-refractivity contribution in [2.24, 2.45) is 5.73 Å². The van der Waals surface area contributed by atoms with Gasteiger partial charge in [-0.25, -0.2) is 0 Å². The van der Waals surface area contributed by atoms with Gasteiger partial charge in [-0.1, -0.05) is 18.2 Å². The van der Waals surface area contributed by atoms with Crippen LogP contribution in [0.5, 0.6) is 0 Å². The molecule has 0 fully saturated rings. The SMILES string of the molecule is Cc1cnccc1-c1cccc2c1CCC2N. The molecule has 17 heavy (non-hydrogen) atoms. The van der Waals surface area contributed by atoms with Crippen molar-refractivity contribution in [3.63, 3.8) is 0 Å². The number of hydrogen-bond acceptors (Lipinski definition) is 2. The zero-order valence-corrected chi connectivity index (χ0v) is 9.98. The van der Waals surface area contributed by atoms with E-state index >= 15 is 0 Å². The van der Waals surface area contributed by atoms with Crippen molar-refractivity contribution in [1.29, 1.82) is 0 Å². The normalized spacial score (nSPS) is 18.1. The van der Waals surface area contributed by atoms with Crippen LogP contribution in [-0.4, -0.2) is 4.98 Å². The number of aryl methyl sites for hydroxylation is 1. The molecule has 1 aliphatic rings. The summed E-state index contributed by atoms with van der Waals surface area (Å²) in [6, 6.07) is 8.77. The van der Waals surface area contributed by atoms with E-state index in [0.29, 0.717) is 0 Å². The molecule has 2 nitrogen and oxygen atoms in total. The van der Waals surface area contributed by atoms with Crippen molar-refractivity contribution >= 4 is 0 Å². The van der Waals surface area contributed by atoms with Gasteiger partial charge in [0.2, 0.25) is 0 Å². The molecule has 1 atom stereocenters. The fraction of sp³-hybridized carbons (Fsp3) is 0.267. The Kier molecular flexibility index (Phi) is 2.45. The predicted octanol–water partition coefficient (Wildman–Crippen LogP) is 3.00. The molecular formula is C15H16N2. The Morgan fingerprint density at radius 1 is 1.24 bits per heavy atom. The molecule has 1 aliphatic carbocycles. The fourth-order valence-electron chi connectivity index (χ4n) is 2.71. The average molecular weight is 224 g/mol. The molecule has 0 aliphatic heterocycles. The van der Waals surface area contributed by atoms with E-state index in [-0.39, 0.29) is 6.04 Å². The van der Waals surface area contributed by atoms with Gasteiger partial charge in [0.05, 0.1) is 0 Å². The van der Waals surface area contributed by atoms with Crippen LogP contribution in [0.4, 0.5) is 0 Å². The summed E-state index contributed by atoms with van der Waals surface area (Å²) in [6.07, 6.45) is 5.94. The van der Waals surface area contributed by atoms with Gasteiger partial charge in [-0.2, -0.15) is 0 Å². The molecule has 2 aromatic rings. The Bertz CT molecular complexity index is 561. The van der Waals surface area contributed by atoms with Crippen LogP contribution in [0.2, 0.25) is 0 Å². The lowest BCUT2D eigenvalue weighted by Crippen LogP contribution is -2.05. The first-order valence-corrected chi connectivity index (χ1v) is 6.05. The van der Waals surface area contributed by atoms with Crippen molar-refractivity contribution in [3.8, 4) is 11.1 Å². The van der Waals surface area contributed by atoms with Crippen LogP contribution in [0.1, 0.15) is 29.2 Å². The van der Waals surface area contributed by atoms with E-state index in [0.717, 1.165) is 12.8 Å². The van der Waals surface area contributed by atoms with Crippen LogP contribution in [-0.2, 0) is 6.42 Å². The molecule has 86 valence electrons. The average Bonchev–Trinajstić information content (AvgIpc) is 2.72. The number of nitrogens with two attached hydrogens (primary N) is 1. The van der Waals surface area contributed by atoms with E-state index in [1.807, 2.05) is 12.4 Å². The zero-order chi connectivity index (χ0) is 11.8. The molecule has 0 spiro atoms. The Morgan fingerprint density at radius 3 is 2.94 bits per heavy atom. The molecule has 2 N–H and O–H groups in total. The van der Waals surface area contributed by atoms with E-state index in [9.17, 15) is 0 Å². The molecule has 0 saturated heterocycles. The summed E-state index contributed by atoms with van der Waals surface area (Å²) in [5.74, 6) is 0. The van der Waals surface area contributed by atoms with Crippen LogP contribution in [0, 0.1) is 6.92 Å². The number of aromatic nitrogens is 1. The molecule has 3 rings (SSSR count). The molecule has 0 saturated carbocycles. The van der Waals surface area contributed by atoms with Gasteiger partial charge in [0.1, 0.15) is 0 Å². The molecule has 1 aromatic heterocycles. The zero-order valence-electron chi connectivity index (χ0n) is 9.98. The lowest BCUT2D eigenvalue weighted by Gasteiger charge is -2.11. The van der Waals surface area contributed by atoms with E-state index < -0.39 is 0 Å². The van der Waals surface area contributed by atoms with E-state index in [1.54, 1.807) is 0 Å². The highest BCUT2D eigenvalue weighted by atomic mass is 14.6. The summed E-state index contributed by atoms with van der Waals surface area (Å²) in [7, 11) is 0. The van der Waals surface area contributed by atoms with Crippen LogP contribution >= 0.6 is 0 Å². The molecular weight excluding hydrogens is 208 g/mol. The van der Waals surface area contributed by atoms with E-state index in [4.69, 9.17) is 5.73 Å². The lowest BCUT2D eigenvalue weighted by molar-refractivity contribution is 0.713. The first-order valence-electron chi connectivity index (χ1n) is 6.05. The van der Waals surface area contributed by atoms with Gasteiger partial charge in [0.25, 0.3) is 0 Å². The van der Waals surface area contributed by atoms with Crippen LogP contribution < -0.4 is 5.73 Å². The summed E-state index contributed by atoms with van der Waals surface area (Å²) in [4.78, 5) is 4.15. The maximum absolute atomic E-state index is 6.12. The molecule has 0 amide bonds. The van der Waals surface area contributed by atoms with Crippen LogP contribution in [0.3, 0.4) is 0 Å². The summed E-state index contributed by atoms with van der Waals surface area (Å²) < 4.78 is 0. The second kappa shape index (κ2) is 3.97. The minimum absolute atomic E-state index is 0.215. The smallest absolute Gasteiger partial charge is 0.0303 e. The Labute approximate surface area is 102 Å². The molecule has 0 radical (unpaired) electrons. The second-order valence-electron chi connectivity index (χ2n) is 4.71. The van der Waals surface area contributed by atoms with Crippen LogP contribution in [0.25, 0.3) is 11.1 Å². The number of nitrogens with zero attached hydrogens (tertiary/aromatic N) is 1. The highest BCUT2D eigenvalue weighted by Gasteiger charge is 2.22. The predicted molar refractivity (Wildman–Crippen MR) is 69.7 cm³/mol. The van der Waals surface area contributed by atoms with Crippen molar-refractivity contribution in [3.05, 3.63) is 53.3 Å². The summed E-state index contributed by atoms with van der Waals surface area (Å²) in [5, 5.41) is 0. The van der Waals surface area contributed by atoms with Crippen LogP contribution in [0.15, 0.2) is 36.7 Å². The summed E-state index contributed by atoms with van der Waals surface area (Å²) in [6.45, 7) is 2.11. The Balaban J connectivity index is 2.20. The molecule has 1 heterocycles. The number of fused-ring (bicyclic) bond motifs is 1. The minimum Gasteiger partial charge on any atom is -0.324 e. The minimum atomic E-state index is 0.215. The third-order valence-electron chi connectivity index (χ3n) is 3.63. The van der Waals surface area contributed by atoms with Gasteiger partial charge in [0, 0.05) is 18.4 Å². The van der Waals surface area contributed by atoms with Gasteiger partial charge in [-0.15, -0.1) is 0 Å². The molecule has 1 unspecified atom stereocenters. The number of pyridine rings is 1. The van der Waals surface area contributed by atoms with Crippen molar-refractivity contribution in [1.82, 2.24) is 4.98 Å². The highest BCUT2D eigenvalue weighted by Crippen LogP contribution is 2.37. The van der Waals surface area contributed by atoms with Crippen molar-refractivity contribution in [2.45, 2.75) is 25.8 Å².